The lowest BCUT2D eigenvalue weighted by Crippen LogP contribution is -2.35. The zero-order chi connectivity index (χ0) is 12.1. The molecule has 0 aromatic heterocycles. The van der Waals surface area contributed by atoms with Gasteiger partial charge in [0.05, 0.1) is 5.92 Å². The summed E-state index contributed by atoms with van der Waals surface area (Å²) in [5.74, 6) is 1.05. The van der Waals surface area contributed by atoms with E-state index in [1.807, 2.05) is 12.1 Å². The molecule has 0 bridgehead atoms. The van der Waals surface area contributed by atoms with Gasteiger partial charge in [0.1, 0.15) is 0 Å². The Hall–Kier alpha value is -0.710. The molecule has 1 heterocycles. The number of rotatable bonds is 5. The van der Waals surface area contributed by atoms with Gasteiger partial charge in [-0.05, 0) is 18.2 Å². The Morgan fingerprint density at radius 1 is 1.39 bits per heavy atom. The smallest absolute Gasteiger partial charge is 0.228 e. The molecule has 3 nitrogen and oxygen atoms in total. The molecule has 1 amide bonds. The molecule has 2 N–H and O–H groups in total. The summed E-state index contributed by atoms with van der Waals surface area (Å²) in [4.78, 5) is 13.3. The highest BCUT2D eigenvalue weighted by Crippen LogP contribution is 2.39. The Balaban J connectivity index is 0.00000162. The summed E-state index contributed by atoms with van der Waals surface area (Å²) in [6.07, 6.45) is 0. The lowest BCUT2D eigenvalue weighted by Gasteiger charge is -2.11. The van der Waals surface area contributed by atoms with Gasteiger partial charge >= 0.3 is 0 Å². The molecule has 18 heavy (non-hydrogen) atoms. The first-order valence-corrected chi connectivity index (χ1v) is 7.01. The molecule has 0 aliphatic carbocycles. The zero-order valence-electron chi connectivity index (χ0n) is 10.4. The van der Waals surface area contributed by atoms with E-state index in [1.54, 1.807) is 11.8 Å². The van der Waals surface area contributed by atoms with Gasteiger partial charge in [-0.15, -0.1) is 24.2 Å². The molecule has 1 aromatic carbocycles. The molecule has 1 aliphatic heterocycles. The molecule has 0 fully saturated rings. The van der Waals surface area contributed by atoms with Crippen LogP contribution in [0.2, 0.25) is 0 Å². The minimum atomic E-state index is 0. The summed E-state index contributed by atoms with van der Waals surface area (Å²) in [5.41, 5.74) is 1.18. The van der Waals surface area contributed by atoms with Gasteiger partial charge < -0.3 is 10.6 Å². The number of halogens is 1. The SMILES string of the molecule is CCNCCNC(=O)C1CSc2ccccc21.Cl. The van der Waals surface area contributed by atoms with Crippen LogP contribution < -0.4 is 10.6 Å². The average Bonchev–Trinajstić information content (AvgIpc) is 2.78. The van der Waals surface area contributed by atoms with Crippen molar-refractivity contribution in [3.05, 3.63) is 29.8 Å². The number of hydrogen-bond donors (Lipinski definition) is 2. The van der Waals surface area contributed by atoms with Gasteiger partial charge in [0, 0.05) is 23.7 Å². The van der Waals surface area contributed by atoms with Crippen molar-refractivity contribution >= 4 is 30.1 Å². The van der Waals surface area contributed by atoms with Gasteiger partial charge in [-0.1, -0.05) is 25.1 Å². The van der Waals surface area contributed by atoms with Gasteiger partial charge in [0.15, 0.2) is 0 Å². The number of benzene rings is 1. The summed E-state index contributed by atoms with van der Waals surface area (Å²) >= 11 is 1.77. The third kappa shape index (κ3) is 3.64. The molecular formula is C13H19ClN2OS. The number of amides is 1. The molecule has 100 valence electrons. The fourth-order valence-electron chi connectivity index (χ4n) is 1.95. The maximum absolute atomic E-state index is 12.0. The molecule has 1 unspecified atom stereocenters. The summed E-state index contributed by atoms with van der Waals surface area (Å²) in [5, 5.41) is 6.18. The third-order valence-corrected chi connectivity index (χ3v) is 4.05. The van der Waals surface area contributed by atoms with E-state index in [-0.39, 0.29) is 24.2 Å². The predicted octanol–water partition coefficient (Wildman–Crippen LogP) is 2.02. The Kier molecular flexibility index (Phi) is 6.54. The fourth-order valence-corrected chi connectivity index (χ4v) is 3.18. The molecule has 2 rings (SSSR count). The van der Waals surface area contributed by atoms with Gasteiger partial charge in [-0.2, -0.15) is 0 Å². The highest BCUT2D eigenvalue weighted by molar-refractivity contribution is 7.99. The normalized spacial score (nSPS) is 16.8. The lowest BCUT2D eigenvalue weighted by atomic mass is 10.0. The Labute approximate surface area is 119 Å². The van der Waals surface area contributed by atoms with Crippen LogP contribution in [0.25, 0.3) is 0 Å². The van der Waals surface area contributed by atoms with E-state index in [9.17, 15) is 4.79 Å². The second-order valence-corrected chi connectivity index (χ2v) is 5.11. The van der Waals surface area contributed by atoms with Crippen molar-refractivity contribution in [2.45, 2.75) is 17.7 Å². The number of carbonyl (C=O) groups excluding carboxylic acids is 1. The van der Waals surface area contributed by atoms with Gasteiger partial charge in [-0.25, -0.2) is 0 Å². The maximum atomic E-state index is 12.0. The number of hydrogen-bond acceptors (Lipinski definition) is 3. The Morgan fingerprint density at radius 2 is 2.17 bits per heavy atom. The summed E-state index contributed by atoms with van der Waals surface area (Å²) < 4.78 is 0. The van der Waals surface area contributed by atoms with E-state index in [0.717, 1.165) is 18.8 Å². The number of nitrogens with one attached hydrogen (secondary N) is 2. The number of thioether (sulfide) groups is 1. The van der Waals surface area contributed by atoms with Gasteiger partial charge in [0.25, 0.3) is 0 Å². The summed E-state index contributed by atoms with van der Waals surface area (Å²) in [6.45, 7) is 4.55. The topological polar surface area (TPSA) is 41.1 Å². The molecule has 0 saturated carbocycles. The van der Waals surface area contributed by atoms with Crippen molar-refractivity contribution in [3.8, 4) is 0 Å². The molecule has 0 radical (unpaired) electrons. The predicted molar refractivity (Wildman–Crippen MR) is 78.7 cm³/mol. The van der Waals surface area contributed by atoms with Crippen LogP contribution in [0.15, 0.2) is 29.2 Å². The van der Waals surface area contributed by atoms with Crippen molar-refractivity contribution in [3.63, 3.8) is 0 Å². The van der Waals surface area contributed by atoms with E-state index >= 15 is 0 Å². The van der Waals surface area contributed by atoms with E-state index in [4.69, 9.17) is 0 Å². The first-order valence-electron chi connectivity index (χ1n) is 6.03. The van der Waals surface area contributed by atoms with E-state index < -0.39 is 0 Å². The quantitative estimate of drug-likeness (QED) is 0.814. The van der Waals surface area contributed by atoms with E-state index in [1.165, 1.54) is 10.5 Å². The average molecular weight is 287 g/mol. The van der Waals surface area contributed by atoms with Crippen LogP contribution >= 0.6 is 24.2 Å². The van der Waals surface area contributed by atoms with Crippen LogP contribution in [-0.4, -0.2) is 31.3 Å². The number of likely N-dealkylation sites (N-methyl/N-ethyl adjacent to an activating group) is 1. The van der Waals surface area contributed by atoms with Gasteiger partial charge in [0.2, 0.25) is 5.91 Å². The summed E-state index contributed by atoms with van der Waals surface area (Å²) in [6, 6.07) is 8.18. The van der Waals surface area contributed by atoms with Crippen molar-refractivity contribution in [1.82, 2.24) is 10.6 Å². The van der Waals surface area contributed by atoms with Crippen LogP contribution in [0.5, 0.6) is 0 Å². The van der Waals surface area contributed by atoms with E-state index in [0.29, 0.717) is 6.54 Å². The molecular weight excluding hydrogens is 268 g/mol. The van der Waals surface area contributed by atoms with Gasteiger partial charge in [-0.3, -0.25) is 4.79 Å². The Morgan fingerprint density at radius 3 is 2.94 bits per heavy atom. The largest absolute Gasteiger partial charge is 0.354 e. The molecule has 1 aromatic rings. The third-order valence-electron chi connectivity index (χ3n) is 2.87. The lowest BCUT2D eigenvalue weighted by molar-refractivity contribution is -0.122. The monoisotopic (exact) mass is 286 g/mol. The minimum Gasteiger partial charge on any atom is -0.354 e. The first-order chi connectivity index (χ1) is 8.33. The Bertz CT molecular complexity index is 400. The van der Waals surface area contributed by atoms with Crippen LogP contribution in [-0.2, 0) is 4.79 Å². The van der Waals surface area contributed by atoms with E-state index in [2.05, 4.69) is 29.7 Å². The fraction of sp³-hybridized carbons (Fsp3) is 0.462. The van der Waals surface area contributed by atoms with Crippen molar-refractivity contribution in [2.75, 3.05) is 25.4 Å². The zero-order valence-corrected chi connectivity index (χ0v) is 12.1. The second kappa shape index (κ2) is 7.67. The number of carbonyl (C=O) groups is 1. The first kappa shape index (κ1) is 15.3. The maximum Gasteiger partial charge on any atom is 0.228 e. The highest BCUT2D eigenvalue weighted by Gasteiger charge is 2.28. The molecule has 0 saturated heterocycles. The van der Waals surface area contributed by atoms with Crippen LogP contribution in [0.1, 0.15) is 18.4 Å². The van der Waals surface area contributed by atoms with Crippen LogP contribution in [0.3, 0.4) is 0 Å². The van der Waals surface area contributed by atoms with Crippen LogP contribution in [0.4, 0.5) is 0 Å². The standard InChI is InChI=1S/C13H18N2OS.ClH/c1-2-14-7-8-15-13(16)11-9-17-12-6-4-3-5-10(11)12;/h3-6,11,14H,2,7-9H2,1H3,(H,15,16);1H. The van der Waals surface area contributed by atoms with Crippen LogP contribution in [0, 0.1) is 0 Å². The molecule has 5 heteroatoms. The molecule has 0 spiro atoms. The highest BCUT2D eigenvalue weighted by atomic mass is 35.5. The number of fused-ring (bicyclic) bond motifs is 1. The van der Waals surface area contributed by atoms with Crippen molar-refractivity contribution < 1.29 is 4.79 Å². The summed E-state index contributed by atoms with van der Waals surface area (Å²) in [7, 11) is 0. The minimum absolute atomic E-state index is 0. The second-order valence-electron chi connectivity index (χ2n) is 4.05. The van der Waals surface area contributed by atoms with Crippen molar-refractivity contribution in [2.24, 2.45) is 0 Å². The molecule has 1 atom stereocenters. The molecule has 1 aliphatic rings. The van der Waals surface area contributed by atoms with Crippen molar-refractivity contribution in [1.29, 1.82) is 0 Å².